The van der Waals surface area contributed by atoms with E-state index >= 15 is 0 Å². The Morgan fingerprint density at radius 1 is 1.13 bits per heavy atom. The quantitative estimate of drug-likeness (QED) is 0.912. The molecule has 4 heteroatoms. The van der Waals surface area contributed by atoms with Crippen molar-refractivity contribution in [1.29, 1.82) is 0 Å². The highest BCUT2D eigenvalue weighted by atomic mass is 15.2. The first kappa shape index (κ1) is 14.6. The molecule has 2 heterocycles. The van der Waals surface area contributed by atoms with Gasteiger partial charge in [-0.3, -0.25) is 0 Å². The summed E-state index contributed by atoms with van der Waals surface area (Å²) in [6, 6.07) is 9.65. The Bertz CT molecular complexity index is 640. The van der Waals surface area contributed by atoms with Crippen LogP contribution in [0.5, 0.6) is 0 Å². The van der Waals surface area contributed by atoms with Crippen molar-refractivity contribution in [3.63, 3.8) is 0 Å². The van der Waals surface area contributed by atoms with E-state index < -0.39 is 0 Å². The Hall–Kier alpha value is -1.94. The predicted molar refractivity (Wildman–Crippen MR) is 92.9 cm³/mol. The molecular formula is C19H24N4. The van der Waals surface area contributed by atoms with Gasteiger partial charge in [0.05, 0.1) is 18.1 Å². The SMILES string of the molecule is C[C@H]1CCCN1C[C@H]1C[C@@H]1c1ccc(Nc2cncnc2)cc1. The Morgan fingerprint density at radius 2 is 1.91 bits per heavy atom. The number of benzene rings is 1. The van der Waals surface area contributed by atoms with Gasteiger partial charge in [-0.25, -0.2) is 9.97 Å². The normalized spacial score (nSPS) is 27.1. The Balaban J connectivity index is 1.34. The molecule has 1 saturated heterocycles. The van der Waals surface area contributed by atoms with Crippen LogP contribution < -0.4 is 5.32 Å². The van der Waals surface area contributed by atoms with Gasteiger partial charge >= 0.3 is 0 Å². The summed E-state index contributed by atoms with van der Waals surface area (Å²) in [5, 5.41) is 3.33. The van der Waals surface area contributed by atoms with Crippen LogP contribution in [-0.2, 0) is 0 Å². The molecule has 1 aromatic carbocycles. The van der Waals surface area contributed by atoms with Gasteiger partial charge in [-0.2, -0.15) is 0 Å². The molecule has 0 radical (unpaired) electrons. The summed E-state index contributed by atoms with van der Waals surface area (Å²) in [4.78, 5) is 10.7. The molecule has 1 N–H and O–H groups in total. The first-order valence-corrected chi connectivity index (χ1v) is 8.65. The second kappa shape index (κ2) is 6.28. The largest absolute Gasteiger partial charge is 0.353 e. The van der Waals surface area contributed by atoms with Crippen LogP contribution in [0.4, 0.5) is 11.4 Å². The lowest BCUT2D eigenvalue weighted by molar-refractivity contribution is 0.256. The average molecular weight is 308 g/mol. The summed E-state index contributed by atoms with van der Waals surface area (Å²) in [5.74, 6) is 1.62. The summed E-state index contributed by atoms with van der Waals surface area (Å²) in [5.41, 5.74) is 3.50. The molecular weight excluding hydrogens is 284 g/mol. The predicted octanol–water partition coefficient (Wildman–Crippen LogP) is 3.81. The van der Waals surface area contributed by atoms with Crippen molar-refractivity contribution in [3.05, 3.63) is 48.5 Å². The van der Waals surface area contributed by atoms with Gasteiger partial charge in [0.1, 0.15) is 6.33 Å². The summed E-state index contributed by atoms with van der Waals surface area (Å²) in [6.07, 6.45) is 9.22. The lowest BCUT2D eigenvalue weighted by Crippen LogP contribution is -2.29. The molecule has 2 aromatic rings. The number of aromatic nitrogens is 2. The molecule has 2 fully saturated rings. The monoisotopic (exact) mass is 308 g/mol. The zero-order chi connectivity index (χ0) is 15.6. The average Bonchev–Trinajstić information content (AvgIpc) is 3.23. The van der Waals surface area contributed by atoms with Crippen LogP contribution >= 0.6 is 0 Å². The maximum atomic E-state index is 4.02. The minimum atomic E-state index is 0.761. The molecule has 0 bridgehead atoms. The molecule has 2 aliphatic rings. The maximum Gasteiger partial charge on any atom is 0.115 e. The second-order valence-electron chi connectivity index (χ2n) is 6.96. The van der Waals surface area contributed by atoms with E-state index in [-0.39, 0.29) is 0 Å². The Kier molecular flexibility index (Phi) is 4.00. The van der Waals surface area contributed by atoms with Crippen molar-refractivity contribution in [2.75, 3.05) is 18.4 Å². The van der Waals surface area contributed by atoms with E-state index in [4.69, 9.17) is 0 Å². The highest BCUT2D eigenvalue weighted by Crippen LogP contribution is 2.48. The topological polar surface area (TPSA) is 41.0 Å². The van der Waals surface area contributed by atoms with Crippen LogP contribution in [0.1, 0.15) is 37.7 Å². The number of anilines is 2. The van der Waals surface area contributed by atoms with Gasteiger partial charge in [0.2, 0.25) is 0 Å². The summed E-state index contributed by atoms with van der Waals surface area (Å²) in [6.45, 7) is 4.96. The first-order chi connectivity index (χ1) is 11.3. The van der Waals surface area contributed by atoms with E-state index in [1.54, 1.807) is 18.7 Å². The lowest BCUT2D eigenvalue weighted by atomic mass is 10.1. The third-order valence-corrected chi connectivity index (χ3v) is 5.27. The lowest BCUT2D eigenvalue weighted by Gasteiger charge is -2.20. The molecule has 4 rings (SSSR count). The van der Waals surface area contributed by atoms with Gasteiger partial charge in [0, 0.05) is 18.3 Å². The number of hydrogen-bond acceptors (Lipinski definition) is 4. The van der Waals surface area contributed by atoms with Crippen molar-refractivity contribution in [2.45, 2.75) is 38.1 Å². The molecule has 4 nitrogen and oxygen atoms in total. The molecule has 0 amide bonds. The number of likely N-dealkylation sites (tertiary alicyclic amines) is 1. The van der Waals surface area contributed by atoms with Crippen LogP contribution in [0.15, 0.2) is 43.0 Å². The number of nitrogens with zero attached hydrogens (tertiary/aromatic N) is 3. The smallest absolute Gasteiger partial charge is 0.115 e. The minimum Gasteiger partial charge on any atom is -0.353 e. The zero-order valence-corrected chi connectivity index (χ0v) is 13.7. The molecule has 3 atom stereocenters. The number of rotatable bonds is 5. The van der Waals surface area contributed by atoms with Crippen LogP contribution in [0, 0.1) is 5.92 Å². The fraction of sp³-hybridized carbons (Fsp3) is 0.474. The van der Waals surface area contributed by atoms with E-state index in [0.29, 0.717) is 0 Å². The van der Waals surface area contributed by atoms with Crippen LogP contribution in [0.2, 0.25) is 0 Å². The molecule has 1 saturated carbocycles. The van der Waals surface area contributed by atoms with Crippen molar-refractivity contribution >= 4 is 11.4 Å². The van der Waals surface area contributed by atoms with E-state index in [2.05, 4.69) is 51.4 Å². The van der Waals surface area contributed by atoms with Gasteiger partial charge in [-0.15, -0.1) is 0 Å². The Labute approximate surface area is 138 Å². The Morgan fingerprint density at radius 3 is 2.61 bits per heavy atom. The molecule has 120 valence electrons. The van der Waals surface area contributed by atoms with Crippen LogP contribution in [0.3, 0.4) is 0 Å². The maximum absolute atomic E-state index is 4.02. The van der Waals surface area contributed by atoms with Crippen molar-refractivity contribution in [3.8, 4) is 0 Å². The zero-order valence-electron chi connectivity index (χ0n) is 13.7. The molecule has 1 aliphatic carbocycles. The fourth-order valence-corrected chi connectivity index (χ4v) is 3.77. The van der Waals surface area contributed by atoms with Crippen LogP contribution in [0.25, 0.3) is 0 Å². The van der Waals surface area contributed by atoms with Crippen molar-refractivity contribution in [1.82, 2.24) is 14.9 Å². The van der Waals surface area contributed by atoms with E-state index in [9.17, 15) is 0 Å². The van der Waals surface area contributed by atoms with Gasteiger partial charge in [-0.05, 0) is 62.3 Å². The van der Waals surface area contributed by atoms with Gasteiger partial charge in [0.25, 0.3) is 0 Å². The summed E-state index contributed by atoms with van der Waals surface area (Å²) >= 11 is 0. The van der Waals surface area contributed by atoms with E-state index in [1.165, 1.54) is 37.9 Å². The third kappa shape index (κ3) is 3.37. The molecule has 23 heavy (non-hydrogen) atoms. The highest BCUT2D eigenvalue weighted by molar-refractivity contribution is 5.58. The summed E-state index contributed by atoms with van der Waals surface area (Å²) < 4.78 is 0. The highest BCUT2D eigenvalue weighted by Gasteiger charge is 2.40. The first-order valence-electron chi connectivity index (χ1n) is 8.65. The van der Waals surface area contributed by atoms with E-state index in [1.807, 2.05) is 0 Å². The molecule has 1 aliphatic heterocycles. The van der Waals surface area contributed by atoms with Gasteiger partial charge < -0.3 is 10.2 Å². The molecule has 1 aromatic heterocycles. The minimum absolute atomic E-state index is 0.761. The fourth-order valence-electron chi connectivity index (χ4n) is 3.77. The molecule has 0 spiro atoms. The van der Waals surface area contributed by atoms with Crippen LogP contribution in [-0.4, -0.2) is 34.0 Å². The van der Waals surface area contributed by atoms with E-state index in [0.717, 1.165) is 29.3 Å². The summed E-state index contributed by atoms with van der Waals surface area (Å²) in [7, 11) is 0. The standard InChI is InChI=1S/C19H24N4/c1-14-3-2-8-23(14)12-16-9-19(16)15-4-6-17(7-5-15)22-18-10-20-13-21-11-18/h4-7,10-11,13-14,16,19,22H,2-3,8-9,12H2,1H3/t14-,16+,19+/m0/s1. The van der Waals surface area contributed by atoms with Crippen molar-refractivity contribution in [2.24, 2.45) is 5.92 Å². The second-order valence-corrected chi connectivity index (χ2v) is 6.96. The number of hydrogen-bond donors (Lipinski definition) is 1. The van der Waals surface area contributed by atoms with Gasteiger partial charge in [-0.1, -0.05) is 12.1 Å². The number of nitrogens with one attached hydrogen (secondary N) is 1. The molecule has 0 unspecified atom stereocenters. The third-order valence-electron chi connectivity index (χ3n) is 5.27. The van der Waals surface area contributed by atoms with Crippen molar-refractivity contribution < 1.29 is 0 Å². The van der Waals surface area contributed by atoms with Gasteiger partial charge in [0.15, 0.2) is 0 Å².